The molecule has 0 spiro atoms. The lowest BCUT2D eigenvalue weighted by Crippen LogP contribution is -2.35. The molecule has 0 unspecified atom stereocenters. The van der Waals surface area contributed by atoms with E-state index in [-0.39, 0.29) is 12.5 Å². The fourth-order valence-corrected chi connectivity index (χ4v) is 3.19. The summed E-state index contributed by atoms with van der Waals surface area (Å²) in [4.78, 5) is 26.3. The van der Waals surface area contributed by atoms with Gasteiger partial charge in [-0.3, -0.25) is 9.69 Å². The van der Waals surface area contributed by atoms with E-state index in [1.807, 2.05) is 30.3 Å². The summed E-state index contributed by atoms with van der Waals surface area (Å²) in [5.74, 6) is -0.766. The predicted molar refractivity (Wildman–Crippen MR) is 111 cm³/mol. The van der Waals surface area contributed by atoms with Crippen molar-refractivity contribution >= 4 is 11.9 Å². The first-order valence-corrected chi connectivity index (χ1v) is 10.1. The van der Waals surface area contributed by atoms with Crippen LogP contribution in [0.1, 0.15) is 27.9 Å². The van der Waals surface area contributed by atoms with Crippen LogP contribution in [0.15, 0.2) is 54.6 Å². The molecule has 2 aromatic rings. The topological polar surface area (TPSA) is 67.9 Å². The molecule has 0 radical (unpaired) electrons. The maximum atomic E-state index is 12.1. The third-order valence-electron chi connectivity index (χ3n) is 4.84. The highest BCUT2D eigenvalue weighted by atomic mass is 16.5. The molecular weight excluding hydrogens is 368 g/mol. The number of morpholine rings is 1. The van der Waals surface area contributed by atoms with E-state index >= 15 is 0 Å². The minimum absolute atomic E-state index is 0.264. The summed E-state index contributed by atoms with van der Waals surface area (Å²) in [6, 6.07) is 17.5. The third kappa shape index (κ3) is 7.33. The standard InChI is InChI=1S/C23H28N2O4/c26-22(24-12-4-7-19-5-2-1-3-6-19)18-29-23(27)21-10-8-20(9-11-21)17-25-13-15-28-16-14-25/h1-3,5-6,8-11H,4,7,12-18H2,(H,24,26). The van der Waals surface area contributed by atoms with Crippen LogP contribution in [-0.2, 0) is 27.2 Å². The van der Waals surface area contributed by atoms with Crippen molar-refractivity contribution in [1.82, 2.24) is 10.2 Å². The fraction of sp³-hybridized carbons (Fsp3) is 0.391. The van der Waals surface area contributed by atoms with Crippen LogP contribution < -0.4 is 5.32 Å². The highest BCUT2D eigenvalue weighted by molar-refractivity contribution is 5.91. The van der Waals surface area contributed by atoms with Gasteiger partial charge in [-0.05, 0) is 36.1 Å². The lowest BCUT2D eigenvalue weighted by molar-refractivity contribution is -0.124. The highest BCUT2D eigenvalue weighted by Gasteiger charge is 2.13. The normalized spacial score (nSPS) is 14.3. The quantitative estimate of drug-likeness (QED) is 0.521. The van der Waals surface area contributed by atoms with Crippen LogP contribution in [0.25, 0.3) is 0 Å². The van der Waals surface area contributed by atoms with Gasteiger partial charge in [-0.2, -0.15) is 0 Å². The molecule has 1 N–H and O–H groups in total. The van der Waals surface area contributed by atoms with E-state index in [0.717, 1.165) is 51.3 Å². The Kier molecular flexibility index (Phi) is 8.22. The molecule has 1 aliphatic heterocycles. The van der Waals surface area contributed by atoms with Crippen LogP contribution >= 0.6 is 0 Å². The Balaban J connectivity index is 1.33. The molecule has 0 atom stereocenters. The van der Waals surface area contributed by atoms with Crippen LogP contribution in [0.4, 0.5) is 0 Å². The average Bonchev–Trinajstić information content (AvgIpc) is 2.77. The van der Waals surface area contributed by atoms with Gasteiger partial charge in [-0.25, -0.2) is 4.79 Å². The fourth-order valence-electron chi connectivity index (χ4n) is 3.19. The molecule has 2 aromatic carbocycles. The van der Waals surface area contributed by atoms with E-state index in [1.165, 1.54) is 5.56 Å². The molecule has 0 bridgehead atoms. The van der Waals surface area contributed by atoms with Crippen molar-refractivity contribution in [2.45, 2.75) is 19.4 Å². The number of rotatable bonds is 9. The second-order valence-corrected chi connectivity index (χ2v) is 7.10. The lowest BCUT2D eigenvalue weighted by Gasteiger charge is -2.26. The number of amides is 1. The molecule has 0 aliphatic carbocycles. The number of carbonyl (C=O) groups excluding carboxylic acids is 2. The smallest absolute Gasteiger partial charge is 0.338 e. The second kappa shape index (κ2) is 11.3. The van der Waals surface area contributed by atoms with Gasteiger partial charge in [0, 0.05) is 26.2 Å². The Morgan fingerprint density at radius 1 is 0.966 bits per heavy atom. The molecule has 6 nitrogen and oxygen atoms in total. The second-order valence-electron chi connectivity index (χ2n) is 7.10. The molecule has 0 saturated carbocycles. The molecule has 1 heterocycles. The van der Waals surface area contributed by atoms with Crippen LogP contribution in [0.3, 0.4) is 0 Å². The van der Waals surface area contributed by atoms with Crippen molar-refractivity contribution in [3.8, 4) is 0 Å². The number of benzene rings is 2. The number of carbonyl (C=O) groups is 2. The Labute approximate surface area is 171 Å². The van der Waals surface area contributed by atoms with Crippen LogP contribution in [0, 0.1) is 0 Å². The summed E-state index contributed by atoms with van der Waals surface area (Å²) in [5.41, 5.74) is 2.83. The van der Waals surface area contributed by atoms with Gasteiger partial charge in [0.05, 0.1) is 18.8 Å². The van der Waals surface area contributed by atoms with Crippen molar-refractivity contribution in [2.75, 3.05) is 39.5 Å². The number of hydrogen-bond acceptors (Lipinski definition) is 5. The Morgan fingerprint density at radius 3 is 2.41 bits per heavy atom. The molecule has 1 aliphatic rings. The molecular formula is C23H28N2O4. The van der Waals surface area contributed by atoms with E-state index in [4.69, 9.17) is 9.47 Å². The molecule has 1 saturated heterocycles. The number of nitrogens with zero attached hydrogens (tertiary/aromatic N) is 1. The van der Waals surface area contributed by atoms with Crippen molar-refractivity contribution in [3.63, 3.8) is 0 Å². The number of nitrogens with one attached hydrogen (secondary N) is 1. The third-order valence-corrected chi connectivity index (χ3v) is 4.84. The first kappa shape index (κ1) is 21.0. The summed E-state index contributed by atoms with van der Waals surface area (Å²) in [6.45, 7) is 4.50. The molecule has 6 heteroatoms. The minimum Gasteiger partial charge on any atom is -0.452 e. The summed E-state index contributed by atoms with van der Waals surface area (Å²) in [7, 11) is 0. The Bertz CT molecular complexity index is 771. The number of esters is 1. The molecule has 0 aromatic heterocycles. The van der Waals surface area contributed by atoms with Crippen molar-refractivity contribution in [1.29, 1.82) is 0 Å². The van der Waals surface area contributed by atoms with Crippen LogP contribution in [-0.4, -0.2) is 56.2 Å². The van der Waals surface area contributed by atoms with Crippen LogP contribution in [0.2, 0.25) is 0 Å². The van der Waals surface area contributed by atoms with Gasteiger partial charge < -0.3 is 14.8 Å². The zero-order chi connectivity index (χ0) is 20.3. The van der Waals surface area contributed by atoms with Crippen LogP contribution in [0.5, 0.6) is 0 Å². The van der Waals surface area contributed by atoms with Crippen molar-refractivity contribution in [2.24, 2.45) is 0 Å². The van der Waals surface area contributed by atoms with Gasteiger partial charge in [0.25, 0.3) is 5.91 Å². The SMILES string of the molecule is O=C(COC(=O)c1ccc(CN2CCOCC2)cc1)NCCCc1ccccc1. The maximum Gasteiger partial charge on any atom is 0.338 e. The zero-order valence-corrected chi connectivity index (χ0v) is 16.6. The van der Waals surface area contributed by atoms with Gasteiger partial charge >= 0.3 is 5.97 Å². The van der Waals surface area contributed by atoms with Gasteiger partial charge in [-0.1, -0.05) is 42.5 Å². The number of ether oxygens (including phenoxy) is 2. The predicted octanol–water partition coefficient (Wildman–Crippen LogP) is 2.42. The number of aryl methyl sites for hydroxylation is 1. The van der Waals surface area contributed by atoms with Crippen molar-refractivity contribution < 1.29 is 19.1 Å². The first-order chi connectivity index (χ1) is 14.2. The Hall–Kier alpha value is -2.70. The Morgan fingerprint density at radius 2 is 1.69 bits per heavy atom. The molecule has 29 heavy (non-hydrogen) atoms. The summed E-state index contributed by atoms with van der Waals surface area (Å²) >= 11 is 0. The molecule has 154 valence electrons. The molecule has 1 amide bonds. The first-order valence-electron chi connectivity index (χ1n) is 10.1. The molecule has 1 fully saturated rings. The van der Waals surface area contributed by atoms with Gasteiger partial charge in [0.1, 0.15) is 0 Å². The molecule has 3 rings (SSSR count). The summed E-state index contributed by atoms with van der Waals surface area (Å²) < 4.78 is 10.5. The highest BCUT2D eigenvalue weighted by Crippen LogP contribution is 2.10. The summed E-state index contributed by atoms with van der Waals surface area (Å²) in [5, 5.41) is 2.78. The monoisotopic (exact) mass is 396 g/mol. The van der Waals surface area contributed by atoms with E-state index in [9.17, 15) is 9.59 Å². The summed E-state index contributed by atoms with van der Waals surface area (Å²) in [6.07, 6.45) is 1.74. The van der Waals surface area contributed by atoms with E-state index in [0.29, 0.717) is 12.1 Å². The minimum atomic E-state index is -0.484. The van der Waals surface area contributed by atoms with Gasteiger partial charge in [0.2, 0.25) is 0 Å². The zero-order valence-electron chi connectivity index (χ0n) is 16.6. The maximum absolute atomic E-state index is 12.1. The largest absolute Gasteiger partial charge is 0.452 e. The van der Waals surface area contributed by atoms with E-state index in [2.05, 4.69) is 22.3 Å². The van der Waals surface area contributed by atoms with E-state index in [1.54, 1.807) is 12.1 Å². The number of hydrogen-bond donors (Lipinski definition) is 1. The van der Waals surface area contributed by atoms with Crippen molar-refractivity contribution in [3.05, 3.63) is 71.3 Å². The average molecular weight is 396 g/mol. The van der Waals surface area contributed by atoms with Gasteiger partial charge in [-0.15, -0.1) is 0 Å². The van der Waals surface area contributed by atoms with Gasteiger partial charge in [0.15, 0.2) is 6.61 Å². The lowest BCUT2D eigenvalue weighted by atomic mass is 10.1. The van der Waals surface area contributed by atoms with E-state index < -0.39 is 5.97 Å².